The minimum Gasteiger partial charge on any atom is -0.497 e. The van der Waals surface area contributed by atoms with Crippen molar-refractivity contribution in [2.75, 3.05) is 30.9 Å². The number of hydrazone groups is 1. The van der Waals surface area contributed by atoms with Gasteiger partial charge in [0, 0.05) is 35.1 Å². The second-order valence-corrected chi connectivity index (χ2v) is 9.57. The molecule has 1 aromatic heterocycles. The summed E-state index contributed by atoms with van der Waals surface area (Å²) >= 11 is 7.38. The molecule has 0 aliphatic rings. The van der Waals surface area contributed by atoms with Gasteiger partial charge < -0.3 is 9.64 Å². The first-order valence-electron chi connectivity index (χ1n) is 12.2. The molecule has 0 aliphatic heterocycles. The van der Waals surface area contributed by atoms with Gasteiger partial charge in [0.15, 0.2) is 11.0 Å². The topological polar surface area (TPSA) is 84.6 Å². The summed E-state index contributed by atoms with van der Waals surface area (Å²) in [4.78, 5) is 14.8. The Labute approximate surface area is 231 Å². The van der Waals surface area contributed by atoms with Gasteiger partial charge in [-0.3, -0.25) is 9.36 Å². The van der Waals surface area contributed by atoms with Gasteiger partial charge in [-0.15, -0.1) is 10.2 Å². The fourth-order valence-corrected chi connectivity index (χ4v) is 4.68. The Hall–Kier alpha value is -3.82. The van der Waals surface area contributed by atoms with Gasteiger partial charge >= 0.3 is 0 Å². The lowest BCUT2D eigenvalue weighted by molar-refractivity contribution is -0.118. The number of hydrogen-bond acceptors (Lipinski definition) is 7. The van der Waals surface area contributed by atoms with Crippen LogP contribution in [0, 0.1) is 0 Å². The van der Waals surface area contributed by atoms with E-state index in [0.717, 1.165) is 41.3 Å². The number of benzene rings is 3. The standard InChI is InChI=1S/C28H29ClN6O2S/c1-4-34(5-2)23-12-6-20(7-13-23)18-30-31-26(36)19-38-28-33-32-27(21-8-16-25(37-3)17-9-21)35(28)24-14-10-22(29)11-15-24/h6-18H,4-5,19H2,1-3H3,(H,31,36)/b30-18-. The second-order valence-electron chi connectivity index (χ2n) is 8.19. The fourth-order valence-electron chi connectivity index (χ4n) is 3.81. The minimum atomic E-state index is -0.248. The summed E-state index contributed by atoms with van der Waals surface area (Å²) in [5, 5.41) is 14.1. The van der Waals surface area contributed by atoms with E-state index in [2.05, 4.69) is 51.6 Å². The smallest absolute Gasteiger partial charge is 0.250 e. The Morgan fingerprint density at radius 2 is 1.71 bits per heavy atom. The number of methoxy groups -OCH3 is 1. The summed E-state index contributed by atoms with van der Waals surface area (Å²) in [6.07, 6.45) is 1.63. The second kappa shape index (κ2) is 13.1. The summed E-state index contributed by atoms with van der Waals surface area (Å²) in [5.41, 5.74) is 6.35. The van der Waals surface area contributed by atoms with E-state index in [0.29, 0.717) is 16.0 Å². The Morgan fingerprint density at radius 1 is 1.03 bits per heavy atom. The highest BCUT2D eigenvalue weighted by molar-refractivity contribution is 7.99. The van der Waals surface area contributed by atoms with Crippen molar-refractivity contribution in [1.29, 1.82) is 0 Å². The van der Waals surface area contributed by atoms with Crippen molar-refractivity contribution in [2.24, 2.45) is 5.10 Å². The molecule has 38 heavy (non-hydrogen) atoms. The molecular weight excluding hydrogens is 520 g/mol. The molecule has 196 valence electrons. The maximum atomic E-state index is 12.5. The highest BCUT2D eigenvalue weighted by Crippen LogP contribution is 2.29. The lowest BCUT2D eigenvalue weighted by atomic mass is 10.2. The van der Waals surface area contributed by atoms with Crippen LogP contribution in [0.2, 0.25) is 5.02 Å². The molecule has 0 radical (unpaired) electrons. The average Bonchev–Trinajstić information content (AvgIpc) is 3.38. The third kappa shape index (κ3) is 6.73. The Bertz CT molecular complexity index is 1370. The highest BCUT2D eigenvalue weighted by atomic mass is 35.5. The molecule has 3 aromatic carbocycles. The third-order valence-electron chi connectivity index (χ3n) is 5.82. The number of ether oxygens (including phenoxy) is 1. The lowest BCUT2D eigenvalue weighted by Crippen LogP contribution is -2.21. The van der Waals surface area contributed by atoms with E-state index in [-0.39, 0.29) is 11.7 Å². The van der Waals surface area contributed by atoms with Gasteiger partial charge in [-0.05, 0) is 80.1 Å². The van der Waals surface area contributed by atoms with Gasteiger partial charge in [-0.2, -0.15) is 5.10 Å². The van der Waals surface area contributed by atoms with E-state index in [9.17, 15) is 4.79 Å². The van der Waals surface area contributed by atoms with Crippen LogP contribution in [0.4, 0.5) is 5.69 Å². The van der Waals surface area contributed by atoms with Gasteiger partial charge in [0.05, 0.1) is 19.1 Å². The molecule has 1 N–H and O–H groups in total. The highest BCUT2D eigenvalue weighted by Gasteiger charge is 2.17. The van der Waals surface area contributed by atoms with Gasteiger partial charge in [0.1, 0.15) is 5.75 Å². The normalized spacial score (nSPS) is 11.1. The number of aromatic nitrogens is 3. The Morgan fingerprint density at radius 3 is 2.34 bits per heavy atom. The zero-order valence-electron chi connectivity index (χ0n) is 21.5. The quantitative estimate of drug-likeness (QED) is 0.147. The number of hydrogen-bond donors (Lipinski definition) is 1. The first kappa shape index (κ1) is 27.2. The molecule has 0 aliphatic carbocycles. The summed E-state index contributed by atoms with van der Waals surface area (Å²) in [5.74, 6) is 1.26. The van der Waals surface area contributed by atoms with Crippen LogP contribution in [0.3, 0.4) is 0 Å². The zero-order chi connectivity index (χ0) is 26.9. The Kier molecular flexibility index (Phi) is 9.40. The van der Waals surface area contributed by atoms with E-state index in [1.54, 1.807) is 25.5 Å². The number of anilines is 1. The van der Waals surface area contributed by atoms with Crippen molar-refractivity contribution >= 4 is 41.2 Å². The van der Waals surface area contributed by atoms with Crippen LogP contribution in [0.25, 0.3) is 17.1 Å². The number of rotatable bonds is 11. The molecular formula is C28H29ClN6O2S. The van der Waals surface area contributed by atoms with Crippen molar-refractivity contribution in [3.63, 3.8) is 0 Å². The van der Waals surface area contributed by atoms with Crippen LogP contribution in [-0.2, 0) is 4.79 Å². The van der Waals surface area contributed by atoms with Crippen LogP contribution >= 0.6 is 23.4 Å². The van der Waals surface area contributed by atoms with Crippen LogP contribution in [0.1, 0.15) is 19.4 Å². The first-order chi connectivity index (χ1) is 18.5. The number of thioether (sulfide) groups is 1. The van der Waals surface area contributed by atoms with Crippen LogP contribution in [0.15, 0.2) is 83.1 Å². The summed E-state index contributed by atoms with van der Waals surface area (Å²) < 4.78 is 7.17. The van der Waals surface area contributed by atoms with E-state index >= 15 is 0 Å². The van der Waals surface area contributed by atoms with Gasteiger partial charge in [-0.1, -0.05) is 35.5 Å². The minimum absolute atomic E-state index is 0.118. The van der Waals surface area contributed by atoms with Crippen molar-refractivity contribution in [1.82, 2.24) is 20.2 Å². The van der Waals surface area contributed by atoms with Crippen LogP contribution in [-0.4, -0.2) is 52.8 Å². The van der Waals surface area contributed by atoms with E-state index < -0.39 is 0 Å². The van der Waals surface area contributed by atoms with Crippen molar-refractivity contribution in [3.05, 3.63) is 83.4 Å². The molecule has 0 unspecified atom stereocenters. The van der Waals surface area contributed by atoms with Crippen molar-refractivity contribution < 1.29 is 9.53 Å². The maximum absolute atomic E-state index is 12.5. The molecule has 4 aromatic rings. The SMILES string of the molecule is CCN(CC)c1ccc(/C=N\NC(=O)CSc2nnc(-c3ccc(OC)cc3)n2-c2ccc(Cl)cc2)cc1. The monoisotopic (exact) mass is 548 g/mol. The molecule has 1 heterocycles. The number of carbonyl (C=O) groups excluding carboxylic acids is 1. The predicted octanol–water partition coefficient (Wildman–Crippen LogP) is 5.68. The number of carbonyl (C=O) groups is 1. The molecule has 0 fully saturated rings. The van der Waals surface area contributed by atoms with E-state index in [1.807, 2.05) is 53.1 Å². The summed E-state index contributed by atoms with van der Waals surface area (Å²) in [6, 6.07) is 23.0. The van der Waals surface area contributed by atoms with Gasteiger partial charge in [0.2, 0.25) is 0 Å². The molecule has 0 atom stereocenters. The molecule has 10 heteroatoms. The van der Waals surface area contributed by atoms with Crippen LogP contribution in [0.5, 0.6) is 5.75 Å². The Balaban J connectivity index is 1.44. The average molecular weight is 549 g/mol. The maximum Gasteiger partial charge on any atom is 0.250 e. The molecule has 0 bridgehead atoms. The van der Waals surface area contributed by atoms with Gasteiger partial charge in [0.25, 0.3) is 5.91 Å². The van der Waals surface area contributed by atoms with E-state index in [1.165, 1.54) is 11.8 Å². The molecule has 1 amide bonds. The number of halogens is 1. The van der Waals surface area contributed by atoms with Crippen LogP contribution < -0.4 is 15.1 Å². The van der Waals surface area contributed by atoms with Crippen molar-refractivity contribution in [2.45, 2.75) is 19.0 Å². The third-order valence-corrected chi connectivity index (χ3v) is 7.00. The molecule has 4 rings (SSSR count). The largest absolute Gasteiger partial charge is 0.497 e. The summed E-state index contributed by atoms with van der Waals surface area (Å²) in [6.45, 7) is 6.16. The molecule has 0 saturated heterocycles. The fraction of sp³-hybridized carbons (Fsp3) is 0.214. The predicted molar refractivity (Wildman–Crippen MR) is 155 cm³/mol. The van der Waals surface area contributed by atoms with Crippen molar-refractivity contribution in [3.8, 4) is 22.8 Å². The molecule has 8 nitrogen and oxygen atoms in total. The molecule has 0 saturated carbocycles. The number of nitrogens with zero attached hydrogens (tertiary/aromatic N) is 5. The zero-order valence-corrected chi connectivity index (χ0v) is 23.0. The number of nitrogens with one attached hydrogen (secondary N) is 1. The van der Waals surface area contributed by atoms with E-state index in [4.69, 9.17) is 16.3 Å². The lowest BCUT2D eigenvalue weighted by Gasteiger charge is -2.20. The van der Waals surface area contributed by atoms with Gasteiger partial charge in [-0.25, -0.2) is 5.43 Å². The molecule has 0 spiro atoms. The number of amides is 1. The summed E-state index contributed by atoms with van der Waals surface area (Å²) in [7, 11) is 1.62. The first-order valence-corrected chi connectivity index (χ1v) is 13.5.